The van der Waals surface area contributed by atoms with Gasteiger partial charge in [-0.1, -0.05) is 5.21 Å². The number of carbonyl (C=O) groups excluding carboxylic acids is 1. The molecule has 0 saturated heterocycles. The van der Waals surface area contributed by atoms with Crippen molar-refractivity contribution in [1.29, 1.82) is 0 Å². The van der Waals surface area contributed by atoms with Crippen molar-refractivity contribution < 1.29 is 4.79 Å². The van der Waals surface area contributed by atoms with Gasteiger partial charge in [0.1, 0.15) is 0 Å². The summed E-state index contributed by atoms with van der Waals surface area (Å²) in [7, 11) is 1.76. The third kappa shape index (κ3) is 1.68. The van der Waals surface area contributed by atoms with Crippen LogP contribution < -0.4 is 0 Å². The first-order chi connectivity index (χ1) is 6.75. The molecule has 0 aliphatic rings. The van der Waals surface area contributed by atoms with Gasteiger partial charge in [0.15, 0.2) is 5.82 Å². The second-order valence-electron chi connectivity index (χ2n) is 2.92. The van der Waals surface area contributed by atoms with Crippen molar-refractivity contribution in [1.82, 2.24) is 25.0 Å². The maximum absolute atomic E-state index is 11.5. The van der Waals surface area contributed by atoms with E-state index in [0.717, 1.165) is 0 Å². The van der Waals surface area contributed by atoms with Crippen LogP contribution in [0.1, 0.15) is 16.3 Å². The molecule has 14 heavy (non-hydrogen) atoms. The fraction of sp³-hybridized carbons (Fsp3) is 0.250. The number of Topliss-reactive ketones (excluding diaryl/α,β-unsaturated/α-hetero) is 1. The standard InChI is InChI=1S/C8H9N5O/c1-13-5-6(11-12-13)4-7(14)8-9-2-3-10-8/h2-3,5H,4H2,1H3,(H,9,10). The molecule has 0 fully saturated rings. The molecule has 2 heterocycles. The maximum Gasteiger partial charge on any atom is 0.204 e. The number of aryl methyl sites for hydroxylation is 1. The first-order valence-corrected chi connectivity index (χ1v) is 4.13. The predicted octanol–water partition coefficient (Wildman–Crippen LogP) is -0.0364. The van der Waals surface area contributed by atoms with Gasteiger partial charge in [0.25, 0.3) is 0 Å². The minimum atomic E-state index is -0.0875. The third-order valence-electron chi connectivity index (χ3n) is 1.75. The highest BCUT2D eigenvalue weighted by Gasteiger charge is 2.10. The van der Waals surface area contributed by atoms with E-state index in [4.69, 9.17) is 0 Å². The van der Waals surface area contributed by atoms with E-state index in [2.05, 4.69) is 20.3 Å². The fourth-order valence-electron chi connectivity index (χ4n) is 1.14. The van der Waals surface area contributed by atoms with Crippen LogP contribution in [0.2, 0.25) is 0 Å². The summed E-state index contributed by atoms with van der Waals surface area (Å²) in [5, 5.41) is 7.55. The minimum Gasteiger partial charge on any atom is -0.342 e. The maximum atomic E-state index is 11.5. The fourth-order valence-corrected chi connectivity index (χ4v) is 1.14. The number of rotatable bonds is 3. The van der Waals surface area contributed by atoms with Gasteiger partial charge >= 0.3 is 0 Å². The number of ketones is 1. The van der Waals surface area contributed by atoms with Crippen LogP contribution in [0.5, 0.6) is 0 Å². The molecule has 0 unspecified atom stereocenters. The largest absolute Gasteiger partial charge is 0.342 e. The molecular weight excluding hydrogens is 182 g/mol. The number of imidazole rings is 1. The van der Waals surface area contributed by atoms with Gasteiger partial charge < -0.3 is 4.98 Å². The van der Waals surface area contributed by atoms with E-state index in [1.54, 1.807) is 30.3 Å². The van der Waals surface area contributed by atoms with Crippen LogP contribution in [0, 0.1) is 0 Å². The lowest BCUT2D eigenvalue weighted by molar-refractivity contribution is 0.0983. The summed E-state index contributed by atoms with van der Waals surface area (Å²) in [4.78, 5) is 18.1. The van der Waals surface area contributed by atoms with Gasteiger partial charge in [-0.2, -0.15) is 0 Å². The summed E-state index contributed by atoms with van der Waals surface area (Å²) in [6.07, 6.45) is 5.09. The highest BCUT2D eigenvalue weighted by molar-refractivity contribution is 5.93. The normalized spacial score (nSPS) is 10.4. The Balaban J connectivity index is 2.09. The van der Waals surface area contributed by atoms with Crippen LogP contribution in [0.25, 0.3) is 0 Å². The van der Waals surface area contributed by atoms with Crippen molar-refractivity contribution in [3.05, 3.63) is 30.1 Å². The van der Waals surface area contributed by atoms with Crippen LogP contribution >= 0.6 is 0 Å². The van der Waals surface area contributed by atoms with E-state index in [-0.39, 0.29) is 12.2 Å². The molecule has 0 spiro atoms. The van der Waals surface area contributed by atoms with Gasteiger partial charge in [-0.25, -0.2) is 4.98 Å². The van der Waals surface area contributed by atoms with Crippen LogP contribution in [-0.2, 0) is 13.5 Å². The number of aromatic amines is 1. The number of nitrogens with one attached hydrogen (secondary N) is 1. The molecule has 2 rings (SSSR count). The van der Waals surface area contributed by atoms with Crippen molar-refractivity contribution >= 4 is 5.78 Å². The van der Waals surface area contributed by atoms with Crippen molar-refractivity contribution in [2.45, 2.75) is 6.42 Å². The van der Waals surface area contributed by atoms with Gasteiger partial charge in [-0.3, -0.25) is 9.48 Å². The zero-order valence-electron chi connectivity index (χ0n) is 7.64. The van der Waals surface area contributed by atoms with Crippen molar-refractivity contribution in [2.24, 2.45) is 7.05 Å². The van der Waals surface area contributed by atoms with Gasteiger partial charge in [0, 0.05) is 25.6 Å². The van der Waals surface area contributed by atoms with Gasteiger partial charge in [-0.05, 0) is 0 Å². The molecule has 1 N–H and O–H groups in total. The van der Waals surface area contributed by atoms with Gasteiger partial charge in [0.05, 0.1) is 12.1 Å². The topological polar surface area (TPSA) is 76.5 Å². The van der Waals surface area contributed by atoms with Crippen LogP contribution in [-0.4, -0.2) is 30.7 Å². The highest BCUT2D eigenvalue weighted by Crippen LogP contribution is 1.99. The van der Waals surface area contributed by atoms with E-state index < -0.39 is 0 Å². The van der Waals surface area contributed by atoms with E-state index in [9.17, 15) is 4.79 Å². The first-order valence-electron chi connectivity index (χ1n) is 4.13. The summed E-state index contributed by atoms with van der Waals surface area (Å²) in [6, 6.07) is 0. The number of carbonyl (C=O) groups is 1. The monoisotopic (exact) mass is 191 g/mol. The lowest BCUT2D eigenvalue weighted by Crippen LogP contribution is -2.05. The SMILES string of the molecule is Cn1cc(CC(=O)c2ncc[nH]2)nn1. The van der Waals surface area contributed by atoms with Crippen molar-refractivity contribution in [2.75, 3.05) is 0 Å². The minimum absolute atomic E-state index is 0.0875. The number of aromatic nitrogens is 5. The lowest BCUT2D eigenvalue weighted by Gasteiger charge is -1.91. The van der Waals surface area contributed by atoms with Crippen molar-refractivity contribution in [3.63, 3.8) is 0 Å². The third-order valence-corrected chi connectivity index (χ3v) is 1.75. The second-order valence-corrected chi connectivity index (χ2v) is 2.92. The zero-order chi connectivity index (χ0) is 9.97. The van der Waals surface area contributed by atoms with Gasteiger partial charge in [0.2, 0.25) is 5.78 Å². The van der Waals surface area contributed by atoms with Crippen LogP contribution in [0.4, 0.5) is 0 Å². The predicted molar refractivity (Wildman–Crippen MR) is 47.6 cm³/mol. The van der Waals surface area contributed by atoms with Gasteiger partial charge in [-0.15, -0.1) is 5.10 Å². The summed E-state index contributed by atoms with van der Waals surface area (Å²) in [5.41, 5.74) is 0.647. The molecule has 0 bridgehead atoms. The molecule has 0 aliphatic heterocycles. The first kappa shape index (κ1) is 8.61. The Labute approximate surface area is 80.0 Å². The number of hydrogen-bond acceptors (Lipinski definition) is 4. The Morgan fingerprint density at radius 1 is 1.64 bits per heavy atom. The average molecular weight is 191 g/mol. The summed E-state index contributed by atoms with van der Waals surface area (Å²) < 4.78 is 1.56. The van der Waals surface area contributed by atoms with E-state index in [1.165, 1.54) is 0 Å². The lowest BCUT2D eigenvalue weighted by atomic mass is 10.2. The Kier molecular flexibility index (Phi) is 2.10. The summed E-state index contributed by atoms with van der Waals surface area (Å²) in [6.45, 7) is 0. The van der Waals surface area contributed by atoms with E-state index in [0.29, 0.717) is 11.5 Å². The molecule has 0 amide bonds. The molecule has 0 aromatic carbocycles. The van der Waals surface area contributed by atoms with Crippen LogP contribution in [0.3, 0.4) is 0 Å². The number of H-pyrrole nitrogens is 1. The Morgan fingerprint density at radius 3 is 3.07 bits per heavy atom. The van der Waals surface area contributed by atoms with E-state index >= 15 is 0 Å². The average Bonchev–Trinajstić information content (AvgIpc) is 2.75. The van der Waals surface area contributed by atoms with E-state index in [1.807, 2.05) is 0 Å². The van der Waals surface area contributed by atoms with Crippen LogP contribution in [0.15, 0.2) is 18.6 Å². The Bertz CT molecular complexity index is 430. The number of hydrogen-bond donors (Lipinski definition) is 1. The highest BCUT2D eigenvalue weighted by atomic mass is 16.1. The Hall–Kier alpha value is -1.98. The summed E-state index contributed by atoms with van der Waals surface area (Å²) in [5.74, 6) is 0.270. The Morgan fingerprint density at radius 2 is 2.50 bits per heavy atom. The molecule has 6 heteroatoms. The molecule has 0 atom stereocenters. The zero-order valence-corrected chi connectivity index (χ0v) is 7.64. The number of nitrogens with zero attached hydrogens (tertiary/aromatic N) is 4. The smallest absolute Gasteiger partial charge is 0.204 e. The molecular formula is C8H9N5O. The molecule has 2 aromatic heterocycles. The molecule has 72 valence electrons. The molecule has 6 nitrogen and oxygen atoms in total. The molecule has 0 aliphatic carbocycles. The second kappa shape index (κ2) is 3.41. The molecule has 2 aromatic rings. The van der Waals surface area contributed by atoms with Crippen molar-refractivity contribution in [3.8, 4) is 0 Å². The quantitative estimate of drug-likeness (QED) is 0.691. The molecule has 0 radical (unpaired) electrons. The summed E-state index contributed by atoms with van der Waals surface area (Å²) >= 11 is 0. The molecule has 0 saturated carbocycles.